The first kappa shape index (κ1) is 15.2. The Labute approximate surface area is 136 Å². The van der Waals surface area contributed by atoms with Crippen molar-refractivity contribution in [2.24, 2.45) is 0 Å². The number of nitrogens with one attached hydrogen (secondary N) is 1. The van der Waals surface area contributed by atoms with Crippen LogP contribution in [0.15, 0.2) is 45.8 Å². The molecule has 2 heterocycles. The van der Waals surface area contributed by atoms with Crippen LogP contribution in [0, 0.1) is 13.8 Å². The van der Waals surface area contributed by atoms with Gasteiger partial charge in [0, 0.05) is 6.08 Å². The summed E-state index contributed by atoms with van der Waals surface area (Å²) >= 11 is 1.25. The number of aryl methyl sites for hydroxylation is 2. The van der Waals surface area contributed by atoms with E-state index in [1.54, 1.807) is 12.1 Å². The fraction of sp³-hybridized carbons (Fsp3) is 0.111. The summed E-state index contributed by atoms with van der Waals surface area (Å²) < 4.78 is 6.12. The van der Waals surface area contributed by atoms with Gasteiger partial charge in [0.1, 0.15) is 0 Å². The third-order valence-electron chi connectivity index (χ3n) is 3.54. The molecule has 1 N–H and O–H groups in total. The minimum atomic E-state index is -0.273. The molecule has 5 heteroatoms. The lowest BCUT2D eigenvalue weighted by Gasteiger charge is -1.99. The normalized spacial score (nSPS) is 12.8. The average Bonchev–Trinajstić information content (AvgIpc) is 3.14. The van der Waals surface area contributed by atoms with Gasteiger partial charge in [-0.3, -0.25) is 9.59 Å². The second kappa shape index (κ2) is 6.22. The molecule has 0 radical (unpaired) electrons. The number of thiazole rings is 1. The lowest BCUT2D eigenvalue weighted by molar-refractivity contribution is 0.103. The summed E-state index contributed by atoms with van der Waals surface area (Å²) in [6, 6.07) is 9.27. The molecule has 2 aromatic heterocycles. The Hall–Kier alpha value is -2.66. The largest absolute Gasteiger partial charge is 0.461 e. The van der Waals surface area contributed by atoms with Gasteiger partial charge in [0.2, 0.25) is 5.78 Å². The molecule has 0 saturated carbocycles. The number of carbonyl (C=O) groups excluding carboxylic acids is 1. The van der Waals surface area contributed by atoms with Crippen LogP contribution >= 0.6 is 11.3 Å². The zero-order valence-electron chi connectivity index (χ0n) is 12.8. The molecule has 3 aromatic rings. The molecular formula is C18H15NO3S. The van der Waals surface area contributed by atoms with Crippen molar-refractivity contribution in [1.29, 1.82) is 0 Å². The molecule has 0 unspecified atom stereocenters. The van der Waals surface area contributed by atoms with Crippen molar-refractivity contribution in [3.8, 4) is 0 Å². The van der Waals surface area contributed by atoms with Gasteiger partial charge >= 0.3 is 0 Å². The Morgan fingerprint density at radius 2 is 2.04 bits per heavy atom. The minimum Gasteiger partial charge on any atom is -0.461 e. The van der Waals surface area contributed by atoms with E-state index in [4.69, 9.17) is 4.42 Å². The maximum absolute atomic E-state index is 12.0. The summed E-state index contributed by atoms with van der Waals surface area (Å²) in [5, 5.41) is 0. The van der Waals surface area contributed by atoms with Gasteiger partial charge in [-0.25, -0.2) is 0 Å². The molecule has 0 saturated heterocycles. The Kier molecular flexibility index (Phi) is 4.12. The van der Waals surface area contributed by atoms with Gasteiger partial charge in [-0.2, -0.15) is 0 Å². The molecule has 0 spiro atoms. The van der Waals surface area contributed by atoms with Crippen molar-refractivity contribution < 1.29 is 9.21 Å². The molecule has 0 aliphatic carbocycles. The smallest absolute Gasteiger partial charge is 0.266 e. The number of Topliss-reactive ketones (excluding diaryl/α,β-unsaturated/α-hetero) is 1. The fourth-order valence-corrected chi connectivity index (χ4v) is 3.02. The summed E-state index contributed by atoms with van der Waals surface area (Å²) in [6.07, 6.45) is 4.64. The van der Waals surface area contributed by atoms with Crippen LogP contribution in [0.3, 0.4) is 0 Å². The van der Waals surface area contributed by atoms with Crippen LogP contribution < -0.4 is 14.8 Å². The number of aromatic nitrogens is 1. The second-order valence-electron chi connectivity index (χ2n) is 5.26. The van der Waals surface area contributed by atoms with Gasteiger partial charge in [-0.05, 0) is 48.7 Å². The van der Waals surface area contributed by atoms with E-state index in [1.807, 2.05) is 38.1 Å². The van der Waals surface area contributed by atoms with E-state index >= 15 is 0 Å². The maximum Gasteiger partial charge on any atom is 0.266 e. The lowest BCUT2D eigenvalue weighted by atomic mass is 10.1. The van der Waals surface area contributed by atoms with E-state index in [0.717, 1.165) is 5.56 Å². The molecule has 0 atom stereocenters. The average molecular weight is 325 g/mol. The number of hydrogen-bond donors (Lipinski definition) is 1. The summed E-state index contributed by atoms with van der Waals surface area (Å²) in [4.78, 5) is 26.7. The van der Waals surface area contributed by atoms with Crippen LogP contribution in [0.1, 0.15) is 27.2 Å². The number of ketones is 1. The van der Waals surface area contributed by atoms with Crippen LogP contribution in [-0.4, -0.2) is 10.8 Å². The predicted molar refractivity (Wildman–Crippen MR) is 91.2 cm³/mol. The van der Waals surface area contributed by atoms with Gasteiger partial charge in [0.15, 0.2) is 5.76 Å². The van der Waals surface area contributed by atoms with Crippen LogP contribution in [0.4, 0.5) is 0 Å². The first-order chi connectivity index (χ1) is 11.0. The number of furan rings is 1. The quantitative estimate of drug-likeness (QED) is 0.751. The van der Waals surface area contributed by atoms with Crippen molar-refractivity contribution in [2.75, 3.05) is 0 Å². The number of hydrogen-bond acceptors (Lipinski definition) is 4. The van der Waals surface area contributed by atoms with E-state index in [9.17, 15) is 9.59 Å². The standard InChI is InChI=1S/C18H15NO3S/c1-11-5-6-13(8-12(11)2)9-16-18(21)19-17(23-16)10-14(20)15-4-3-7-22-15/h3-10H,1-2H3,(H,19,21)/b16-9-,17-10-. The van der Waals surface area contributed by atoms with Gasteiger partial charge in [-0.15, -0.1) is 11.3 Å². The molecule has 116 valence electrons. The molecule has 3 rings (SSSR count). The molecule has 0 aliphatic heterocycles. The number of benzene rings is 1. The third kappa shape index (κ3) is 3.40. The van der Waals surface area contributed by atoms with Gasteiger partial charge in [0.25, 0.3) is 5.56 Å². The van der Waals surface area contributed by atoms with Crippen molar-refractivity contribution >= 4 is 29.3 Å². The highest BCUT2D eigenvalue weighted by molar-refractivity contribution is 7.07. The molecular weight excluding hydrogens is 310 g/mol. The molecule has 4 nitrogen and oxygen atoms in total. The molecule has 0 amide bonds. The Balaban J connectivity index is 2.01. The van der Waals surface area contributed by atoms with Crippen LogP contribution in [-0.2, 0) is 0 Å². The zero-order chi connectivity index (χ0) is 16.4. The number of carbonyl (C=O) groups is 1. The fourth-order valence-electron chi connectivity index (χ4n) is 2.14. The van der Waals surface area contributed by atoms with Crippen molar-refractivity contribution in [1.82, 2.24) is 4.98 Å². The predicted octanol–water partition coefficient (Wildman–Crippen LogP) is 2.14. The third-order valence-corrected chi connectivity index (χ3v) is 4.50. The zero-order valence-corrected chi connectivity index (χ0v) is 13.6. The van der Waals surface area contributed by atoms with Crippen LogP contribution in [0.5, 0.6) is 0 Å². The topological polar surface area (TPSA) is 63.1 Å². The van der Waals surface area contributed by atoms with Crippen molar-refractivity contribution in [2.45, 2.75) is 13.8 Å². The highest BCUT2D eigenvalue weighted by atomic mass is 32.1. The number of H-pyrrole nitrogens is 1. The summed E-state index contributed by atoms with van der Waals surface area (Å²) in [7, 11) is 0. The molecule has 0 fully saturated rings. The van der Waals surface area contributed by atoms with E-state index in [-0.39, 0.29) is 17.1 Å². The molecule has 0 aliphatic rings. The van der Waals surface area contributed by atoms with E-state index in [0.29, 0.717) is 9.20 Å². The SMILES string of the molecule is Cc1ccc(/C=c2\s/c(=C\C(=O)c3ccco3)[nH]c2=O)cc1C. The first-order valence-corrected chi connectivity index (χ1v) is 7.92. The molecule has 23 heavy (non-hydrogen) atoms. The Morgan fingerprint density at radius 1 is 1.22 bits per heavy atom. The lowest BCUT2D eigenvalue weighted by Crippen LogP contribution is -2.20. The highest BCUT2D eigenvalue weighted by Gasteiger charge is 2.05. The first-order valence-electron chi connectivity index (χ1n) is 7.10. The summed E-state index contributed by atoms with van der Waals surface area (Å²) in [6.45, 7) is 4.08. The number of rotatable bonds is 3. The second-order valence-corrected chi connectivity index (χ2v) is 6.34. The van der Waals surface area contributed by atoms with Gasteiger partial charge in [0.05, 0.1) is 15.5 Å². The van der Waals surface area contributed by atoms with E-state index in [2.05, 4.69) is 4.98 Å². The summed E-state index contributed by atoms with van der Waals surface area (Å²) in [5.41, 5.74) is 3.14. The van der Waals surface area contributed by atoms with Crippen LogP contribution in [0.2, 0.25) is 0 Å². The Bertz CT molecular complexity index is 1020. The van der Waals surface area contributed by atoms with E-state index in [1.165, 1.54) is 34.8 Å². The Morgan fingerprint density at radius 3 is 2.74 bits per heavy atom. The number of aromatic amines is 1. The van der Waals surface area contributed by atoms with Gasteiger partial charge in [-0.1, -0.05) is 18.2 Å². The highest BCUT2D eigenvalue weighted by Crippen LogP contribution is 2.10. The van der Waals surface area contributed by atoms with Crippen molar-refractivity contribution in [3.63, 3.8) is 0 Å². The molecule has 0 bridgehead atoms. The van der Waals surface area contributed by atoms with E-state index < -0.39 is 0 Å². The summed E-state index contributed by atoms with van der Waals surface area (Å²) in [5.74, 6) is -0.0239. The molecule has 1 aromatic carbocycles. The minimum absolute atomic E-state index is 0.202. The van der Waals surface area contributed by atoms with Gasteiger partial charge < -0.3 is 9.40 Å². The maximum atomic E-state index is 12.0. The van der Waals surface area contributed by atoms with Crippen molar-refractivity contribution in [3.05, 3.63) is 78.6 Å². The van der Waals surface area contributed by atoms with Crippen LogP contribution in [0.25, 0.3) is 12.2 Å². The monoisotopic (exact) mass is 325 g/mol.